The van der Waals surface area contributed by atoms with Crippen LogP contribution in [0.15, 0.2) is 11.6 Å². The van der Waals surface area contributed by atoms with Gasteiger partial charge in [-0.05, 0) is 6.42 Å². The molecule has 3 nitrogen and oxygen atoms in total. The molecule has 0 aromatic carbocycles. The highest BCUT2D eigenvalue weighted by Crippen LogP contribution is 2.19. The van der Waals surface area contributed by atoms with Crippen molar-refractivity contribution in [1.29, 1.82) is 0 Å². The minimum atomic E-state index is -0.817. The molecule has 0 aromatic rings. The van der Waals surface area contributed by atoms with E-state index < -0.39 is 5.97 Å². The quantitative estimate of drug-likeness (QED) is 0.491. The highest BCUT2D eigenvalue weighted by atomic mass is 16.6. The first kappa shape index (κ1) is 8.27. The van der Waals surface area contributed by atoms with Crippen molar-refractivity contribution in [2.75, 3.05) is 6.61 Å². The predicted molar refractivity (Wildman–Crippen MR) is 40.4 cm³/mol. The van der Waals surface area contributed by atoms with E-state index in [0.717, 1.165) is 6.42 Å². The summed E-state index contributed by atoms with van der Waals surface area (Å²) >= 11 is 0. The Hall–Kier alpha value is -0.830. The minimum Gasteiger partial charge on any atom is -0.478 e. The second-order valence-electron chi connectivity index (χ2n) is 2.60. The highest BCUT2D eigenvalue weighted by Gasteiger charge is 2.25. The number of aliphatic carboxylic acids is 1. The molecule has 1 atom stereocenters. The van der Waals surface area contributed by atoms with E-state index in [-0.39, 0.29) is 6.10 Å². The van der Waals surface area contributed by atoms with Gasteiger partial charge in [0.25, 0.3) is 0 Å². The molecular formula is C8H12O3. The number of hydrogen-bond donors (Lipinski definition) is 1. The largest absolute Gasteiger partial charge is 0.478 e. The average Bonchev–Trinajstić information content (AvgIpc) is 2.70. The van der Waals surface area contributed by atoms with Crippen LogP contribution in [0.25, 0.3) is 0 Å². The van der Waals surface area contributed by atoms with Gasteiger partial charge in [-0.3, -0.25) is 0 Å². The molecule has 11 heavy (non-hydrogen) atoms. The molecule has 1 aliphatic rings. The Labute approximate surface area is 65.7 Å². The molecule has 1 heterocycles. The topological polar surface area (TPSA) is 49.8 Å². The van der Waals surface area contributed by atoms with Crippen LogP contribution >= 0.6 is 0 Å². The van der Waals surface area contributed by atoms with E-state index in [1.54, 1.807) is 6.08 Å². The second kappa shape index (κ2) is 3.53. The fraction of sp³-hybridized carbons (Fsp3) is 0.625. The molecule has 0 aromatic heterocycles. The zero-order valence-electron chi connectivity index (χ0n) is 6.54. The van der Waals surface area contributed by atoms with Crippen LogP contribution in [0.2, 0.25) is 0 Å². The number of allylic oxidation sites excluding steroid dienone is 1. The van der Waals surface area contributed by atoms with Crippen molar-refractivity contribution in [2.24, 2.45) is 0 Å². The number of carboxylic acid groups (broad SMARTS) is 1. The van der Waals surface area contributed by atoms with Gasteiger partial charge in [0.15, 0.2) is 0 Å². The predicted octanol–water partition coefficient (Wildman–Crippen LogP) is 1.20. The Morgan fingerprint density at radius 3 is 2.82 bits per heavy atom. The standard InChI is InChI=1S/C8H12O3/c1-2-3-6(8(9)10)4-7-5-11-7/h3,7H,2,4-5H2,1H3,(H,9,10)/b6-3-. The summed E-state index contributed by atoms with van der Waals surface area (Å²) in [5.41, 5.74) is 0.481. The van der Waals surface area contributed by atoms with Gasteiger partial charge in [-0.25, -0.2) is 4.79 Å². The van der Waals surface area contributed by atoms with Crippen molar-refractivity contribution in [3.05, 3.63) is 11.6 Å². The molecule has 1 fully saturated rings. The van der Waals surface area contributed by atoms with Gasteiger partial charge >= 0.3 is 5.97 Å². The zero-order chi connectivity index (χ0) is 8.27. The maximum Gasteiger partial charge on any atom is 0.331 e. The Balaban J connectivity index is 2.43. The molecule has 0 aliphatic carbocycles. The van der Waals surface area contributed by atoms with Crippen molar-refractivity contribution in [3.63, 3.8) is 0 Å². The van der Waals surface area contributed by atoms with Crippen LogP contribution in [-0.4, -0.2) is 23.8 Å². The average molecular weight is 156 g/mol. The Morgan fingerprint density at radius 1 is 1.82 bits per heavy atom. The molecule has 0 saturated carbocycles. The highest BCUT2D eigenvalue weighted by molar-refractivity contribution is 5.86. The monoisotopic (exact) mass is 156 g/mol. The number of carbonyl (C=O) groups is 1. The number of hydrogen-bond acceptors (Lipinski definition) is 2. The van der Waals surface area contributed by atoms with E-state index in [2.05, 4.69) is 0 Å². The van der Waals surface area contributed by atoms with E-state index >= 15 is 0 Å². The third-order valence-electron chi connectivity index (χ3n) is 1.58. The summed E-state index contributed by atoms with van der Waals surface area (Å²) in [6, 6.07) is 0. The van der Waals surface area contributed by atoms with E-state index in [1.807, 2.05) is 6.92 Å². The molecule has 1 saturated heterocycles. The molecular weight excluding hydrogens is 144 g/mol. The van der Waals surface area contributed by atoms with Crippen molar-refractivity contribution < 1.29 is 14.6 Å². The third-order valence-corrected chi connectivity index (χ3v) is 1.58. The van der Waals surface area contributed by atoms with Gasteiger partial charge in [0, 0.05) is 12.0 Å². The summed E-state index contributed by atoms with van der Waals surface area (Å²) in [6.07, 6.45) is 3.24. The second-order valence-corrected chi connectivity index (χ2v) is 2.60. The lowest BCUT2D eigenvalue weighted by molar-refractivity contribution is -0.132. The van der Waals surface area contributed by atoms with Crippen molar-refractivity contribution in [2.45, 2.75) is 25.9 Å². The molecule has 0 radical (unpaired) electrons. The van der Waals surface area contributed by atoms with Gasteiger partial charge in [0.1, 0.15) is 0 Å². The first-order valence-electron chi connectivity index (χ1n) is 3.78. The first-order valence-corrected chi connectivity index (χ1v) is 3.78. The molecule has 1 aliphatic heterocycles. The fourth-order valence-corrected chi connectivity index (χ4v) is 0.936. The van der Waals surface area contributed by atoms with Gasteiger partial charge < -0.3 is 9.84 Å². The number of epoxide rings is 1. The van der Waals surface area contributed by atoms with E-state index in [1.165, 1.54) is 0 Å². The molecule has 1 rings (SSSR count). The summed E-state index contributed by atoms with van der Waals surface area (Å²) in [6.45, 7) is 2.64. The van der Waals surface area contributed by atoms with Crippen LogP contribution in [0.1, 0.15) is 19.8 Å². The molecule has 3 heteroatoms. The van der Waals surface area contributed by atoms with Crippen molar-refractivity contribution in [1.82, 2.24) is 0 Å². The molecule has 0 spiro atoms. The van der Waals surface area contributed by atoms with E-state index in [0.29, 0.717) is 18.6 Å². The van der Waals surface area contributed by atoms with Crippen LogP contribution in [-0.2, 0) is 9.53 Å². The maximum absolute atomic E-state index is 10.5. The van der Waals surface area contributed by atoms with Gasteiger partial charge in [0.05, 0.1) is 12.7 Å². The van der Waals surface area contributed by atoms with Gasteiger partial charge in [-0.15, -0.1) is 0 Å². The number of rotatable bonds is 4. The van der Waals surface area contributed by atoms with E-state index in [4.69, 9.17) is 9.84 Å². The normalized spacial score (nSPS) is 23.4. The smallest absolute Gasteiger partial charge is 0.331 e. The van der Waals surface area contributed by atoms with Crippen LogP contribution in [0, 0.1) is 0 Å². The summed E-state index contributed by atoms with van der Waals surface area (Å²) in [7, 11) is 0. The molecule has 0 amide bonds. The zero-order valence-corrected chi connectivity index (χ0v) is 6.54. The number of ether oxygens (including phenoxy) is 1. The minimum absolute atomic E-state index is 0.170. The maximum atomic E-state index is 10.5. The Kier molecular flexibility index (Phi) is 2.65. The molecule has 1 N–H and O–H groups in total. The lowest BCUT2D eigenvalue weighted by atomic mass is 10.1. The van der Waals surface area contributed by atoms with Gasteiger partial charge in [0.2, 0.25) is 0 Å². The SMILES string of the molecule is CC/C=C(/CC1CO1)C(=O)O. The first-order chi connectivity index (χ1) is 5.24. The molecule has 62 valence electrons. The van der Waals surface area contributed by atoms with E-state index in [9.17, 15) is 4.79 Å². The van der Waals surface area contributed by atoms with Gasteiger partial charge in [-0.2, -0.15) is 0 Å². The van der Waals surface area contributed by atoms with Crippen LogP contribution in [0.5, 0.6) is 0 Å². The summed E-state index contributed by atoms with van der Waals surface area (Å²) < 4.78 is 4.93. The summed E-state index contributed by atoms with van der Waals surface area (Å²) in [5.74, 6) is -0.817. The Morgan fingerprint density at radius 2 is 2.45 bits per heavy atom. The van der Waals surface area contributed by atoms with Crippen molar-refractivity contribution >= 4 is 5.97 Å². The number of carboxylic acids is 1. The van der Waals surface area contributed by atoms with Crippen molar-refractivity contribution in [3.8, 4) is 0 Å². The Bertz CT molecular complexity index is 180. The van der Waals surface area contributed by atoms with Crippen LogP contribution < -0.4 is 0 Å². The summed E-state index contributed by atoms with van der Waals surface area (Å²) in [4.78, 5) is 10.5. The molecule has 1 unspecified atom stereocenters. The van der Waals surface area contributed by atoms with Gasteiger partial charge in [-0.1, -0.05) is 13.0 Å². The fourth-order valence-electron chi connectivity index (χ4n) is 0.936. The van der Waals surface area contributed by atoms with Crippen LogP contribution in [0.3, 0.4) is 0 Å². The molecule has 0 bridgehead atoms. The third kappa shape index (κ3) is 2.72. The van der Waals surface area contributed by atoms with Crippen LogP contribution in [0.4, 0.5) is 0 Å². The summed E-state index contributed by atoms with van der Waals surface area (Å²) in [5, 5.41) is 8.66. The lowest BCUT2D eigenvalue weighted by Crippen LogP contribution is -2.03. The lowest BCUT2D eigenvalue weighted by Gasteiger charge is -1.96.